The Bertz CT molecular complexity index is 3220. The van der Waals surface area contributed by atoms with Gasteiger partial charge in [0.1, 0.15) is 11.3 Å². The maximum absolute atomic E-state index is 10.7. The molecular weight excluding hydrogens is 797 g/mol. The molecule has 0 spiro atoms. The lowest BCUT2D eigenvalue weighted by atomic mass is 9.90. The zero-order valence-corrected chi connectivity index (χ0v) is 34.7. The minimum atomic E-state index is -1.01. The molecule has 8 heteroatoms. The average Bonchev–Trinajstić information content (AvgIpc) is 3.54. The topological polar surface area (TPSA) is 121 Å². The molecule has 0 amide bonds. The molecule has 0 fully saturated rings. The largest absolute Gasteiger partial charge is 0.504 e. The number of phenols is 5. The summed E-state index contributed by atoms with van der Waals surface area (Å²) in [6.07, 6.45) is 16.6. The minimum absolute atomic E-state index is 0.222. The summed E-state index contributed by atoms with van der Waals surface area (Å²) in [5.74, 6) is -3.48. The fraction of sp³-hybridized carbons (Fsp3) is 0.0357. The summed E-state index contributed by atoms with van der Waals surface area (Å²) < 4.78 is 6.31. The van der Waals surface area contributed by atoms with E-state index in [1.165, 1.54) is 11.3 Å². The van der Waals surface area contributed by atoms with Crippen molar-refractivity contribution in [3.8, 4) is 62.1 Å². The first-order valence-electron chi connectivity index (χ1n) is 20.9. The maximum Gasteiger partial charge on any atom is 0.208 e. The van der Waals surface area contributed by atoms with Crippen LogP contribution in [0.25, 0.3) is 56.5 Å². The molecule has 8 nitrogen and oxygen atoms in total. The van der Waals surface area contributed by atoms with Gasteiger partial charge in [0.15, 0.2) is 11.5 Å². The first kappa shape index (κ1) is 39.5. The van der Waals surface area contributed by atoms with Crippen LogP contribution in [0.1, 0.15) is 29.7 Å². The van der Waals surface area contributed by atoms with Crippen LogP contribution in [-0.4, -0.2) is 25.5 Å². The van der Waals surface area contributed by atoms with E-state index < -0.39 is 28.7 Å². The van der Waals surface area contributed by atoms with Gasteiger partial charge in [-0.2, -0.15) is 0 Å². The average molecular weight is 839 g/mol. The molecule has 0 radical (unpaired) electrons. The van der Waals surface area contributed by atoms with E-state index in [1.54, 1.807) is 30.3 Å². The molecule has 7 aromatic carbocycles. The minimum Gasteiger partial charge on any atom is -0.504 e. The van der Waals surface area contributed by atoms with E-state index in [4.69, 9.17) is 4.42 Å². The molecule has 2 bridgehead atoms. The number of hydrogen-bond acceptors (Lipinski definition) is 8. The van der Waals surface area contributed by atoms with Gasteiger partial charge in [0.2, 0.25) is 17.2 Å². The second kappa shape index (κ2) is 16.0. The van der Waals surface area contributed by atoms with Crippen molar-refractivity contribution in [1.82, 2.24) is 0 Å². The number of phenolic OH excluding ortho intramolecular Hbond substituents is 5. The smallest absolute Gasteiger partial charge is 0.208 e. The standard InChI is InChI=1S/C56H42N2O6/c1-3-11-49-43(4-2)46-31-30-42(33-50(46)64-49)57(40-28-24-37(25-29-40)51-52(59)54(61)56(63)55(62)53(51)60)39-26-22-35(23-27-39)34-18-20-36(21-19-34)44-14-7-9-16-47(44)58-41-13-6-5-12-38(32-41)45-15-8-10-17-48(45)58/h3-33,38,59-63H,2H2,1H3/b11-3-. The Balaban J connectivity index is 1.00. The van der Waals surface area contributed by atoms with Crippen molar-refractivity contribution in [2.45, 2.75) is 12.8 Å². The third-order valence-corrected chi connectivity index (χ3v) is 11.9. The van der Waals surface area contributed by atoms with Crippen LogP contribution in [0.2, 0.25) is 0 Å². The normalized spacial score (nSPS) is 14.1. The second-order valence-corrected chi connectivity index (χ2v) is 15.7. The molecule has 64 heavy (non-hydrogen) atoms. The Kier molecular flexibility index (Phi) is 9.88. The van der Waals surface area contributed by atoms with E-state index in [-0.39, 0.29) is 11.5 Å². The molecule has 1 aliphatic carbocycles. The Morgan fingerprint density at radius 1 is 0.609 bits per heavy atom. The number of fused-ring (bicyclic) bond motifs is 4. The molecule has 10 rings (SSSR count). The van der Waals surface area contributed by atoms with Gasteiger partial charge in [0.05, 0.1) is 16.9 Å². The monoisotopic (exact) mass is 838 g/mol. The van der Waals surface area contributed by atoms with Gasteiger partial charge in [0, 0.05) is 51.3 Å². The number of rotatable bonds is 9. The lowest BCUT2D eigenvalue weighted by molar-refractivity contribution is 0.330. The molecule has 1 aromatic heterocycles. The molecule has 2 aliphatic rings. The highest BCUT2D eigenvalue weighted by molar-refractivity contribution is 5.95. The van der Waals surface area contributed by atoms with Crippen LogP contribution in [-0.2, 0) is 0 Å². The lowest BCUT2D eigenvalue weighted by Crippen LogP contribution is -2.22. The molecule has 0 saturated carbocycles. The van der Waals surface area contributed by atoms with E-state index in [0.29, 0.717) is 16.9 Å². The maximum atomic E-state index is 10.7. The molecule has 312 valence electrons. The molecule has 8 aromatic rings. The highest BCUT2D eigenvalue weighted by Crippen LogP contribution is 2.55. The molecule has 0 saturated heterocycles. The van der Waals surface area contributed by atoms with Gasteiger partial charge in [-0.1, -0.05) is 122 Å². The van der Waals surface area contributed by atoms with E-state index in [2.05, 4.69) is 144 Å². The van der Waals surface area contributed by atoms with E-state index in [1.807, 2.05) is 37.3 Å². The van der Waals surface area contributed by atoms with Crippen LogP contribution < -0.4 is 9.80 Å². The van der Waals surface area contributed by atoms with E-state index in [0.717, 1.165) is 61.7 Å². The first-order chi connectivity index (χ1) is 31.2. The Labute approximate surface area is 370 Å². The van der Waals surface area contributed by atoms with Crippen LogP contribution in [0, 0.1) is 0 Å². The second-order valence-electron chi connectivity index (χ2n) is 15.7. The summed E-state index contributed by atoms with van der Waals surface area (Å²) in [7, 11) is 0. The summed E-state index contributed by atoms with van der Waals surface area (Å²) in [5, 5.41) is 52.7. The van der Waals surface area contributed by atoms with Crippen LogP contribution in [0.5, 0.6) is 28.7 Å². The number of anilines is 5. The number of furan rings is 1. The van der Waals surface area contributed by atoms with Crippen molar-refractivity contribution >= 4 is 51.6 Å². The van der Waals surface area contributed by atoms with Gasteiger partial charge in [-0.15, -0.1) is 0 Å². The van der Waals surface area contributed by atoms with Crippen molar-refractivity contribution in [2.24, 2.45) is 0 Å². The summed E-state index contributed by atoms with van der Waals surface area (Å²) in [6.45, 7) is 5.95. The van der Waals surface area contributed by atoms with Gasteiger partial charge in [-0.05, 0) is 101 Å². The van der Waals surface area contributed by atoms with Gasteiger partial charge in [0.25, 0.3) is 0 Å². The number of para-hydroxylation sites is 2. The third-order valence-electron chi connectivity index (χ3n) is 11.9. The third kappa shape index (κ3) is 6.65. The van der Waals surface area contributed by atoms with Crippen LogP contribution in [0.3, 0.4) is 0 Å². The van der Waals surface area contributed by atoms with Crippen molar-refractivity contribution in [3.63, 3.8) is 0 Å². The lowest BCUT2D eigenvalue weighted by Gasteiger charge is -2.35. The predicted molar refractivity (Wildman–Crippen MR) is 258 cm³/mol. The fourth-order valence-corrected chi connectivity index (χ4v) is 8.85. The fourth-order valence-electron chi connectivity index (χ4n) is 8.85. The summed E-state index contributed by atoms with van der Waals surface area (Å²) in [6, 6.07) is 47.0. The predicted octanol–water partition coefficient (Wildman–Crippen LogP) is 14.4. The Hall–Kier alpha value is -8.62. The van der Waals surface area contributed by atoms with Crippen molar-refractivity contribution in [1.29, 1.82) is 0 Å². The molecule has 1 unspecified atom stereocenters. The summed E-state index contributed by atoms with van der Waals surface area (Å²) in [4.78, 5) is 4.41. The van der Waals surface area contributed by atoms with Crippen LogP contribution in [0.15, 0.2) is 193 Å². The molecular formula is C56H42N2O6. The number of benzene rings is 7. The van der Waals surface area contributed by atoms with Gasteiger partial charge < -0.3 is 39.7 Å². The SMILES string of the molecule is C=Cc1c(/C=C\C)oc2cc(N(c3ccc(-c4ccc(-c5ccccc5N5C6=CC(C=CC=C6)c6ccccc65)cc4)cc3)c3ccc(-c4c(O)c(O)c(O)c(O)c4O)cc3)ccc12. The number of hydrogen-bond donors (Lipinski definition) is 5. The van der Waals surface area contributed by atoms with Crippen molar-refractivity contribution in [3.05, 3.63) is 205 Å². The quantitative estimate of drug-likeness (QED) is 0.0720. The highest BCUT2D eigenvalue weighted by atomic mass is 16.4. The summed E-state index contributed by atoms with van der Waals surface area (Å²) >= 11 is 0. The highest BCUT2D eigenvalue weighted by Gasteiger charge is 2.28. The van der Waals surface area contributed by atoms with Crippen LogP contribution >= 0.6 is 0 Å². The van der Waals surface area contributed by atoms with Gasteiger partial charge in [-0.3, -0.25) is 0 Å². The number of allylic oxidation sites excluding steroid dienone is 6. The Morgan fingerprint density at radius 3 is 1.86 bits per heavy atom. The summed E-state index contributed by atoms with van der Waals surface area (Å²) in [5.41, 5.74) is 13.0. The van der Waals surface area contributed by atoms with Gasteiger partial charge in [-0.25, -0.2) is 0 Å². The van der Waals surface area contributed by atoms with Crippen molar-refractivity contribution < 1.29 is 29.9 Å². The van der Waals surface area contributed by atoms with E-state index >= 15 is 0 Å². The van der Waals surface area contributed by atoms with Crippen molar-refractivity contribution in [2.75, 3.05) is 9.80 Å². The molecule has 1 atom stereocenters. The van der Waals surface area contributed by atoms with Crippen LogP contribution in [0.4, 0.5) is 28.4 Å². The molecule has 5 N–H and O–H groups in total. The van der Waals surface area contributed by atoms with E-state index in [9.17, 15) is 25.5 Å². The zero-order valence-electron chi connectivity index (χ0n) is 34.7. The Morgan fingerprint density at radius 2 is 1.19 bits per heavy atom. The number of aromatic hydroxyl groups is 5. The number of nitrogens with zero attached hydrogens (tertiary/aromatic N) is 2. The molecule has 2 heterocycles. The van der Waals surface area contributed by atoms with Gasteiger partial charge >= 0.3 is 0 Å². The molecule has 1 aliphatic heterocycles. The zero-order chi connectivity index (χ0) is 44.1. The first-order valence-corrected chi connectivity index (χ1v) is 20.9.